The molecule has 3 heterocycles. The molecule has 3 aromatic rings. The fourth-order valence-corrected chi connectivity index (χ4v) is 6.23. The largest absolute Gasteiger partial charge is 0.495 e. The van der Waals surface area contributed by atoms with Gasteiger partial charge in [0.05, 0.1) is 28.9 Å². The number of thiophene rings is 1. The minimum Gasteiger partial charge on any atom is -0.495 e. The molecule has 2 aromatic heterocycles. The number of methoxy groups -OCH3 is 1. The van der Waals surface area contributed by atoms with Crippen LogP contribution in [0.1, 0.15) is 50.0 Å². The molecular formula is C25H28ClN3O3S. The van der Waals surface area contributed by atoms with Crippen LogP contribution in [0.4, 0.5) is 5.69 Å². The van der Waals surface area contributed by atoms with Crippen LogP contribution in [0.5, 0.6) is 5.75 Å². The third-order valence-electron chi connectivity index (χ3n) is 7.14. The first-order valence-corrected chi connectivity index (χ1v) is 12.6. The van der Waals surface area contributed by atoms with Gasteiger partial charge in [-0.1, -0.05) is 18.5 Å². The van der Waals surface area contributed by atoms with Gasteiger partial charge in [-0.05, 0) is 74.2 Å². The van der Waals surface area contributed by atoms with Crippen LogP contribution in [0.2, 0.25) is 5.02 Å². The highest BCUT2D eigenvalue weighted by Gasteiger charge is 2.49. The molecule has 1 unspecified atom stereocenters. The zero-order valence-electron chi connectivity index (χ0n) is 19.1. The number of anilines is 1. The quantitative estimate of drug-likeness (QED) is 0.532. The van der Waals surface area contributed by atoms with E-state index in [2.05, 4.69) is 12.2 Å². The van der Waals surface area contributed by atoms with E-state index in [9.17, 15) is 9.59 Å². The van der Waals surface area contributed by atoms with E-state index in [1.807, 2.05) is 29.0 Å². The van der Waals surface area contributed by atoms with Gasteiger partial charge in [0.2, 0.25) is 5.91 Å². The molecule has 0 radical (unpaired) electrons. The van der Waals surface area contributed by atoms with Crippen molar-refractivity contribution in [2.75, 3.05) is 12.0 Å². The molecule has 5 rings (SSSR count). The number of nitrogens with zero attached hydrogens (tertiary/aromatic N) is 2. The number of nitrogens with one attached hydrogen (secondary N) is 1. The monoisotopic (exact) mass is 485 g/mol. The SMILES string of the molecule is COc1ccc(N2C(=O)c3cc4sccc4n3CC2(C)C(=O)NC2CCC(C)CC2)cc1Cl. The van der Waals surface area contributed by atoms with Crippen LogP contribution in [-0.2, 0) is 11.3 Å². The van der Waals surface area contributed by atoms with E-state index >= 15 is 0 Å². The van der Waals surface area contributed by atoms with Gasteiger partial charge in [-0.25, -0.2) is 0 Å². The fraction of sp³-hybridized carbons (Fsp3) is 0.440. The van der Waals surface area contributed by atoms with Crippen molar-refractivity contribution in [3.8, 4) is 5.75 Å². The Morgan fingerprint density at radius 2 is 1.97 bits per heavy atom. The minimum absolute atomic E-state index is 0.133. The maximum absolute atomic E-state index is 13.9. The van der Waals surface area contributed by atoms with Crippen molar-refractivity contribution in [3.63, 3.8) is 0 Å². The topological polar surface area (TPSA) is 63.6 Å². The number of fused-ring (bicyclic) bond motifs is 3. The van der Waals surface area contributed by atoms with E-state index in [1.54, 1.807) is 41.5 Å². The van der Waals surface area contributed by atoms with Crippen LogP contribution in [0, 0.1) is 5.92 Å². The highest BCUT2D eigenvalue weighted by atomic mass is 35.5. The number of amides is 2. The van der Waals surface area contributed by atoms with Crippen LogP contribution in [0.3, 0.4) is 0 Å². The lowest BCUT2D eigenvalue weighted by atomic mass is 9.86. The second-order valence-electron chi connectivity index (χ2n) is 9.45. The Balaban J connectivity index is 1.57. The van der Waals surface area contributed by atoms with Crippen molar-refractivity contribution in [1.29, 1.82) is 0 Å². The molecule has 2 aliphatic rings. The maximum Gasteiger partial charge on any atom is 0.275 e. The lowest BCUT2D eigenvalue weighted by molar-refractivity contribution is -0.127. The predicted molar refractivity (Wildman–Crippen MR) is 133 cm³/mol. The molecule has 1 N–H and O–H groups in total. The van der Waals surface area contributed by atoms with Crippen LogP contribution < -0.4 is 15.0 Å². The summed E-state index contributed by atoms with van der Waals surface area (Å²) in [4.78, 5) is 29.3. The van der Waals surface area contributed by atoms with Gasteiger partial charge in [0.1, 0.15) is 17.0 Å². The van der Waals surface area contributed by atoms with Crippen LogP contribution in [-0.4, -0.2) is 35.1 Å². The normalized spacial score (nSPS) is 25.2. The summed E-state index contributed by atoms with van der Waals surface area (Å²) in [5, 5.41) is 5.68. The lowest BCUT2D eigenvalue weighted by Crippen LogP contribution is -2.65. The number of carbonyl (C=O) groups excluding carboxylic acids is 2. The first-order chi connectivity index (χ1) is 15.8. The van der Waals surface area contributed by atoms with Gasteiger partial charge in [-0.2, -0.15) is 0 Å². The highest BCUT2D eigenvalue weighted by molar-refractivity contribution is 7.17. The summed E-state index contributed by atoms with van der Waals surface area (Å²) < 4.78 is 8.31. The molecule has 1 saturated carbocycles. The Kier molecular flexibility index (Phi) is 5.65. The molecule has 0 saturated heterocycles. The van der Waals surface area contributed by atoms with Crippen molar-refractivity contribution in [2.24, 2.45) is 5.92 Å². The molecule has 6 nitrogen and oxygen atoms in total. The zero-order chi connectivity index (χ0) is 23.3. The van der Waals surface area contributed by atoms with Crippen LogP contribution in [0.15, 0.2) is 35.7 Å². The Hall–Kier alpha value is -2.51. The van der Waals surface area contributed by atoms with Crippen molar-refractivity contribution < 1.29 is 14.3 Å². The van der Waals surface area contributed by atoms with Crippen molar-refractivity contribution in [3.05, 3.63) is 46.4 Å². The Morgan fingerprint density at radius 1 is 1.21 bits per heavy atom. The maximum atomic E-state index is 13.9. The number of hydrogen-bond donors (Lipinski definition) is 1. The summed E-state index contributed by atoms with van der Waals surface area (Å²) in [5.74, 6) is 0.874. The molecule has 1 aromatic carbocycles. The van der Waals surface area contributed by atoms with E-state index in [0.29, 0.717) is 34.6 Å². The van der Waals surface area contributed by atoms with Crippen molar-refractivity contribution >= 4 is 50.7 Å². The summed E-state index contributed by atoms with van der Waals surface area (Å²) in [6.07, 6.45) is 4.15. The van der Waals surface area contributed by atoms with Crippen LogP contribution in [0.25, 0.3) is 10.2 Å². The number of carbonyl (C=O) groups is 2. The van der Waals surface area contributed by atoms with E-state index in [-0.39, 0.29) is 17.9 Å². The summed E-state index contributed by atoms with van der Waals surface area (Å²) in [5.41, 5.74) is 1.04. The van der Waals surface area contributed by atoms with Gasteiger partial charge in [-0.3, -0.25) is 14.5 Å². The van der Waals surface area contributed by atoms with Gasteiger partial charge in [0.25, 0.3) is 5.91 Å². The van der Waals surface area contributed by atoms with E-state index in [0.717, 1.165) is 35.9 Å². The Morgan fingerprint density at radius 3 is 2.67 bits per heavy atom. The molecule has 1 atom stereocenters. The lowest BCUT2D eigenvalue weighted by Gasteiger charge is -2.45. The van der Waals surface area contributed by atoms with Gasteiger partial charge >= 0.3 is 0 Å². The molecule has 0 spiro atoms. The molecular weight excluding hydrogens is 458 g/mol. The molecule has 174 valence electrons. The molecule has 33 heavy (non-hydrogen) atoms. The van der Waals surface area contributed by atoms with E-state index in [1.165, 1.54) is 0 Å². The number of benzene rings is 1. The summed E-state index contributed by atoms with van der Waals surface area (Å²) in [6.45, 7) is 4.48. The number of hydrogen-bond acceptors (Lipinski definition) is 4. The number of ether oxygens (including phenoxy) is 1. The zero-order valence-corrected chi connectivity index (χ0v) is 20.6. The summed E-state index contributed by atoms with van der Waals surface area (Å²) >= 11 is 8.01. The average Bonchev–Trinajstić information content (AvgIpc) is 3.38. The standard InChI is InChI=1S/C25H28ClN3O3S/c1-15-4-6-16(7-5-15)27-24(31)25(2)14-28-19-10-11-33-22(19)13-20(28)23(30)29(25)17-8-9-21(32-3)18(26)12-17/h8-13,15-16H,4-7,14H2,1-3H3,(H,27,31). The molecule has 1 aliphatic carbocycles. The molecule has 0 bridgehead atoms. The number of halogens is 1. The second-order valence-corrected chi connectivity index (χ2v) is 10.8. The van der Waals surface area contributed by atoms with E-state index < -0.39 is 5.54 Å². The third kappa shape index (κ3) is 3.71. The van der Waals surface area contributed by atoms with Gasteiger partial charge < -0.3 is 14.6 Å². The highest BCUT2D eigenvalue weighted by Crippen LogP contribution is 2.39. The summed E-state index contributed by atoms with van der Waals surface area (Å²) in [7, 11) is 1.55. The number of rotatable bonds is 4. The van der Waals surface area contributed by atoms with E-state index in [4.69, 9.17) is 16.3 Å². The second kappa shape index (κ2) is 8.37. The molecule has 8 heteroatoms. The molecule has 2 amide bonds. The van der Waals surface area contributed by atoms with Gasteiger partial charge in [0, 0.05) is 11.7 Å². The van der Waals surface area contributed by atoms with Crippen LogP contribution >= 0.6 is 22.9 Å². The summed E-state index contributed by atoms with van der Waals surface area (Å²) in [6, 6.07) is 9.29. The molecule has 1 fully saturated rings. The smallest absolute Gasteiger partial charge is 0.275 e. The van der Waals surface area contributed by atoms with Gasteiger partial charge in [0.15, 0.2) is 0 Å². The molecule has 1 aliphatic heterocycles. The first kappa shape index (κ1) is 22.3. The predicted octanol–water partition coefficient (Wildman–Crippen LogP) is 5.48. The number of aromatic nitrogens is 1. The van der Waals surface area contributed by atoms with Crippen molar-refractivity contribution in [2.45, 2.75) is 57.7 Å². The Labute approximate surface area is 202 Å². The fourth-order valence-electron chi connectivity index (χ4n) is 5.16. The third-order valence-corrected chi connectivity index (χ3v) is 8.29. The van der Waals surface area contributed by atoms with Crippen molar-refractivity contribution in [1.82, 2.24) is 9.88 Å². The average molecular weight is 486 g/mol. The minimum atomic E-state index is -1.11. The van der Waals surface area contributed by atoms with Gasteiger partial charge in [-0.15, -0.1) is 11.3 Å². The first-order valence-electron chi connectivity index (χ1n) is 11.4. The Bertz CT molecular complexity index is 1230.